The Bertz CT molecular complexity index is 954. The Hall–Kier alpha value is -3.29. The molecule has 29 heavy (non-hydrogen) atoms. The van der Waals surface area contributed by atoms with Crippen molar-refractivity contribution in [3.63, 3.8) is 0 Å². The number of aromatic nitrogens is 2. The molecule has 0 radical (unpaired) electrons. The Morgan fingerprint density at radius 1 is 1.21 bits per heavy atom. The third kappa shape index (κ3) is 4.26. The highest BCUT2D eigenvalue weighted by Gasteiger charge is 2.26. The molecule has 1 aromatic heterocycles. The van der Waals surface area contributed by atoms with E-state index in [1.165, 1.54) is 12.8 Å². The molecule has 2 heterocycles. The molecule has 0 saturated heterocycles. The lowest BCUT2D eigenvalue weighted by Gasteiger charge is -2.29. The van der Waals surface area contributed by atoms with Gasteiger partial charge in [-0.1, -0.05) is 0 Å². The fourth-order valence-corrected chi connectivity index (χ4v) is 3.30. The van der Waals surface area contributed by atoms with E-state index in [2.05, 4.69) is 15.3 Å². The third-order valence-electron chi connectivity index (χ3n) is 5.14. The molecular weight excluding hydrogens is 368 g/mol. The van der Waals surface area contributed by atoms with E-state index in [1.807, 2.05) is 42.4 Å². The molecule has 1 aromatic carbocycles. The van der Waals surface area contributed by atoms with Crippen LogP contribution in [0.4, 0.5) is 11.6 Å². The monoisotopic (exact) mass is 394 g/mol. The zero-order valence-electron chi connectivity index (χ0n) is 16.9. The first-order valence-corrected chi connectivity index (χ1v) is 9.65. The second kappa shape index (κ2) is 7.98. The van der Waals surface area contributed by atoms with Gasteiger partial charge in [-0.15, -0.1) is 0 Å². The van der Waals surface area contributed by atoms with Gasteiger partial charge in [0.1, 0.15) is 0 Å². The zero-order chi connectivity index (χ0) is 20.4. The van der Waals surface area contributed by atoms with Gasteiger partial charge in [-0.25, -0.2) is 15.0 Å². The van der Waals surface area contributed by atoms with Crippen LogP contribution in [-0.4, -0.2) is 48.1 Å². The molecule has 4 rings (SSSR count). The average Bonchev–Trinajstić information content (AvgIpc) is 3.54. The van der Waals surface area contributed by atoms with E-state index < -0.39 is 0 Å². The first-order valence-electron chi connectivity index (χ1n) is 9.65. The van der Waals surface area contributed by atoms with E-state index in [1.54, 1.807) is 20.4 Å². The van der Waals surface area contributed by atoms with Crippen molar-refractivity contribution in [3.8, 4) is 11.5 Å². The molecule has 0 amide bonds. The number of nitrogen functional groups attached to an aromatic ring is 1. The predicted octanol–water partition coefficient (Wildman–Crippen LogP) is 2.67. The van der Waals surface area contributed by atoms with Crippen LogP contribution in [0.3, 0.4) is 0 Å². The highest BCUT2D eigenvalue weighted by Crippen LogP contribution is 2.33. The Labute approximate surface area is 170 Å². The molecule has 8 heteroatoms. The fourth-order valence-electron chi connectivity index (χ4n) is 3.30. The largest absolute Gasteiger partial charge is 0.493 e. The lowest BCUT2D eigenvalue weighted by atomic mass is 10.0. The van der Waals surface area contributed by atoms with E-state index in [9.17, 15) is 0 Å². The molecule has 1 saturated carbocycles. The smallest absolute Gasteiger partial charge is 0.220 e. The van der Waals surface area contributed by atoms with Gasteiger partial charge in [0.2, 0.25) is 5.95 Å². The maximum Gasteiger partial charge on any atom is 0.220 e. The molecule has 152 valence electrons. The van der Waals surface area contributed by atoms with Crippen molar-refractivity contribution in [2.24, 2.45) is 10.9 Å². The van der Waals surface area contributed by atoms with E-state index >= 15 is 0 Å². The minimum absolute atomic E-state index is 0.278. The highest BCUT2D eigenvalue weighted by molar-refractivity contribution is 6.09. The number of rotatable bonds is 7. The second-order valence-corrected chi connectivity index (χ2v) is 7.32. The number of hydrogen-bond acceptors (Lipinski definition) is 8. The predicted molar refractivity (Wildman–Crippen MR) is 113 cm³/mol. The van der Waals surface area contributed by atoms with E-state index in [0.29, 0.717) is 23.4 Å². The van der Waals surface area contributed by atoms with Crippen molar-refractivity contribution in [1.82, 2.24) is 14.9 Å². The number of nitrogens with one attached hydrogen (secondary N) is 1. The van der Waals surface area contributed by atoms with Gasteiger partial charge in [-0.3, -0.25) is 0 Å². The van der Waals surface area contributed by atoms with Crippen LogP contribution in [0, 0.1) is 5.92 Å². The van der Waals surface area contributed by atoms with E-state index in [-0.39, 0.29) is 6.29 Å². The summed E-state index contributed by atoms with van der Waals surface area (Å²) in [6, 6.07) is 5.70. The molecule has 0 bridgehead atoms. The van der Waals surface area contributed by atoms with E-state index in [4.69, 9.17) is 20.2 Å². The van der Waals surface area contributed by atoms with Gasteiger partial charge in [0.25, 0.3) is 0 Å². The van der Waals surface area contributed by atoms with Gasteiger partial charge < -0.3 is 25.4 Å². The summed E-state index contributed by atoms with van der Waals surface area (Å²) in [5.41, 5.74) is 9.47. The normalized spacial score (nSPS) is 18.4. The molecular formula is C21H26N6O2. The number of aliphatic imine (C=N–C) groups is 1. The van der Waals surface area contributed by atoms with Crippen LogP contribution >= 0.6 is 0 Å². The van der Waals surface area contributed by atoms with Crippen LogP contribution in [0.5, 0.6) is 11.5 Å². The summed E-state index contributed by atoms with van der Waals surface area (Å²) in [4.78, 5) is 15.6. The fraction of sp³-hybridized carbons (Fsp3) is 0.381. The van der Waals surface area contributed by atoms with Gasteiger partial charge in [0.05, 0.1) is 25.6 Å². The number of benzene rings is 1. The number of ether oxygens (including phenoxy) is 2. The average molecular weight is 394 g/mol. The number of anilines is 2. The standard InChI is InChI=1S/C21H26N6O2/c1-27-9-8-16(15-12-23-20(22)25-17(15)10-13-4-5-13)26-21(27)24-14-6-7-18(28-2)19(11-14)29-3/h6-9,11-13,21,24H,4-5,10H2,1-3H3,(H2,22,23,25). The molecule has 3 N–H and O–H groups in total. The van der Waals surface area contributed by atoms with Gasteiger partial charge in [-0.2, -0.15) is 0 Å². The van der Waals surface area contributed by atoms with Gasteiger partial charge in [0, 0.05) is 36.8 Å². The highest BCUT2D eigenvalue weighted by atomic mass is 16.5. The van der Waals surface area contributed by atoms with Crippen molar-refractivity contribution >= 4 is 17.3 Å². The molecule has 1 aliphatic carbocycles. The summed E-state index contributed by atoms with van der Waals surface area (Å²) < 4.78 is 10.7. The van der Waals surface area contributed by atoms with Crippen LogP contribution in [0.25, 0.3) is 0 Å². The number of nitrogens with zero attached hydrogens (tertiary/aromatic N) is 4. The number of nitrogens with two attached hydrogens (primary N) is 1. The second-order valence-electron chi connectivity index (χ2n) is 7.32. The summed E-state index contributed by atoms with van der Waals surface area (Å²) >= 11 is 0. The summed E-state index contributed by atoms with van der Waals surface area (Å²) in [5.74, 6) is 2.35. The van der Waals surface area contributed by atoms with Crippen molar-refractivity contribution in [3.05, 3.63) is 47.9 Å². The lowest BCUT2D eigenvalue weighted by molar-refractivity contribution is 0.353. The third-order valence-corrected chi connectivity index (χ3v) is 5.14. The summed E-state index contributed by atoms with van der Waals surface area (Å²) in [6.07, 6.45) is 8.89. The molecule has 2 aliphatic rings. The molecule has 1 atom stereocenters. The van der Waals surface area contributed by atoms with Crippen LogP contribution < -0.4 is 20.5 Å². The van der Waals surface area contributed by atoms with Gasteiger partial charge in [-0.05, 0) is 43.4 Å². The first-order chi connectivity index (χ1) is 14.1. The molecule has 0 spiro atoms. The number of methoxy groups -OCH3 is 2. The summed E-state index contributed by atoms with van der Waals surface area (Å²) in [7, 11) is 5.21. The number of allylic oxidation sites excluding steroid dienone is 1. The molecule has 1 aliphatic heterocycles. The SMILES string of the molecule is COc1ccc(NC2N=C(c3cnc(N)nc3CC3CC3)C=CN2C)cc1OC. The number of hydrogen-bond donors (Lipinski definition) is 2. The Kier molecular flexibility index (Phi) is 5.24. The van der Waals surface area contributed by atoms with Crippen molar-refractivity contribution < 1.29 is 9.47 Å². The topological polar surface area (TPSA) is 97.9 Å². The maximum absolute atomic E-state index is 5.83. The molecule has 2 aromatic rings. The quantitative estimate of drug-likeness (QED) is 0.745. The van der Waals surface area contributed by atoms with Gasteiger partial charge in [0.15, 0.2) is 17.8 Å². The summed E-state index contributed by atoms with van der Waals surface area (Å²) in [6.45, 7) is 0. The van der Waals surface area contributed by atoms with Gasteiger partial charge >= 0.3 is 0 Å². The van der Waals surface area contributed by atoms with Crippen LogP contribution in [-0.2, 0) is 6.42 Å². The lowest BCUT2D eigenvalue weighted by Crippen LogP contribution is -2.36. The summed E-state index contributed by atoms with van der Waals surface area (Å²) in [5, 5.41) is 3.43. The Morgan fingerprint density at radius 2 is 2.00 bits per heavy atom. The minimum Gasteiger partial charge on any atom is -0.493 e. The first kappa shape index (κ1) is 19.0. The molecule has 1 fully saturated rings. The Morgan fingerprint density at radius 3 is 2.72 bits per heavy atom. The molecule has 1 unspecified atom stereocenters. The van der Waals surface area contributed by atoms with Crippen LogP contribution in [0.15, 0.2) is 41.7 Å². The van der Waals surface area contributed by atoms with Crippen LogP contribution in [0.2, 0.25) is 0 Å². The maximum atomic E-state index is 5.83. The van der Waals surface area contributed by atoms with Crippen molar-refractivity contribution in [2.75, 3.05) is 32.3 Å². The van der Waals surface area contributed by atoms with Crippen LogP contribution in [0.1, 0.15) is 24.1 Å². The Balaban J connectivity index is 1.60. The zero-order valence-corrected chi connectivity index (χ0v) is 16.9. The van der Waals surface area contributed by atoms with Crippen molar-refractivity contribution in [1.29, 1.82) is 0 Å². The van der Waals surface area contributed by atoms with Crippen molar-refractivity contribution in [2.45, 2.75) is 25.6 Å². The minimum atomic E-state index is -0.278. The van der Waals surface area contributed by atoms with E-state index in [0.717, 1.165) is 29.1 Å². The molecule has 8 nitrogen and oxygen atoms in total.